The van der Waals surface area contributed by atoms with Crippen LogP contribution in [-0.4, -0.2) is 23.4 Å². The van der Waals surface area contributed by atoms with Gasteiger partial charge in [0.1, 0.15) is 0 Å². The van der Waals surface area contributed by atoms with Gasteiger partial charge in [0.15, 0.2) is 0 Å². The van der Waals surface area contributed by atoms with Crippen LogP contribution in [0.2, 0.25) is 0 Å². The van der Waals surface area contributed by atoms with E-state index in [2.05, 4.69) is 50.2 Å². The Labute approximate surface area is 126 Å². The van der Waals surface area contributed by atoms with Crippen LogP contribution < -0.4 is 0 Å². The van der Waals surface area contributed by atoms with Crippen molar-refractivity contribution in [2.75, 3.05) is 13.2 Å². The van der Waals surface area contributed by atoms with E-state index in [0.29, 0.717) is 12.8 Å². The highest BCUT2D eigenvalue weighted by Gasteiger charge is 2.35. The first-order valence-electron chi connectivity index (χ1n) is 7.57. The molecule has 0 atom stereocenters. The van der Waals surface area contributed by atoms with Crippen LogP contribution in [0.4, 0.5) is 0 Å². The molecule has 2 aromatic carbocycles. The van der Waals surface area contributed by atoms with Crippen LogP contribution >= 0.6 is 0 Å². The van der Waals surface area contributed by atoms with Crippen molar-refractivity contribution >= 4 is 0 Å². The number of hydrogen-bond donors (Lipinski definition) is 2. The molecule has 1 aliphatic rings. The van der Waals surface area contributed by atoms with Crippen molar-refractivity contribution < 1.29 is 10.2 Å². The molecule has 3 rings (SSSR count). The lowest BCUT2D eigenvalue weighted by molar-refractivity contribution is 0.299. The molecule has 0 radical (unpaired) electrons. The van der Waals surface area contributed by atoms with E-state index in [-0.39, 0.29) is 18.6 Å². The van der Waals surface area contributed by atoms with Gasteiger partial charge in [-0.3, -0.25) is 0 Å². The van der Waals surface area contributed by atoms with Crippen LogP contribution in [0.5, 0.6) is 0 Å². The van der Waals surface area contributed by atoms with Gasteiger partial charge >= 0.3 is 0 Å². The van der Waals surface area contributed by atoms with Crippen molar-refractivity contribution in [1.29, 1.82) is 0 Å². The third kappa shape index (κ3) is 2.29. The van der Waals surface area contributed by atoms with Crippen LogP contribution in [0.1, 0.15) is 36.1 Å². The molecule has 21 heavy (non-hydrogen) atoms. The average Bonchev–Trinajstić information content (AvgIpc) is 2.68. The van der Waals surface area contributed by atoms with E-state index in [1.54, 1.807) is 0 Å². The molecule has 2 nitrogen and oxygen atoms in total. The van der Waals surface area contributed by atoms with Gasteiger partial charge in [-0.15, -0.1) is 0 Å². The summed E-state index contributed by atoms with van der Waals surface area (Å²) >= 11 is 0. The van der Waals surface area contributed by atoms with Gasteiger partial charge in [0, 0.05) is 18.6 Å². The summed E-state index contributed by atoms with van der Waals surface area (Å²) in [5.74, 6) is 0. The molecule has 2 N–H and O–H groups in total. The van der Waals surface area contributed by atoms with E-state index in [1.165, 1.54) is 33.4 Å². The Morgan fingerprint density at radius 3 is 2.05 bits per heavy atom. The lowest BCUT2D eigenvalue weighted by atomic mass is 9.81. The molecule has 1 aliphatic carbocycles. The van der Waals surface area contributed by atoms with Crippen LogP contribution in [0, 0.1) is 0 Å². The molecular weight excluding hydrogens is 260 g/mol. The number of aliphatic hydroxyl groups excluding tert-OH is 2. The van der Waals surface area contributed by atoms with Gasteiger partial charge < -0.3 is 10.2 Å². The summed E-state index contributed by atoms with van der Waals surface area (Å²) in [6, 6.07) is 13.1. The minimum absolute atomic E-state index is 0.00607. The highest BCUT2D eigenvalue weighted by Crippen LogP contribution is 2.49. The summed E-state index contributed by atoms with van der Waals surface area (Å²) in [6.45, 7) is 4.88. The first-order valence-corrected chi connectivity index (χ1v) is 7.57. The number of fused-ring (bicyclic) bond motifs is 3. The lowest BCUT2D eigenvalue weighted by Crippen LogP contribution is -2.15. The van der Waals surface area contributed by atoms with Gasteiger partial charge in [-0.2, -0.15) is 0 Å². The highest BCUT2D eigenvalue weighted by atomic mass is 16.3. The summed E-state index contributed by atoms with van der Waals surface area (Å²) < 4.78 is 0. The van der Waals surface area contributed by atoms with Crippen LogP contribution in [0.3, 0.4) is 0 Å². The molecule has 0 bridgehead atoms. The third-order valence-electron chi connectivity index (χ3n) is 4.61. The van der Waals surface area contributed by atoms with Gasteiger partial charge in [0.05, 0.1) is 0 Å². The predicted octanol–water partition coefficient (Wildman–Crippen LogP) is 3.06. The topological polar surface area (TPSA) is 40.5 Å². The number of aliphatic hydroxyl groups is 2. The minimum Gasteiger partial charge on any atom is -0.396 e. The van der Waals surface area contributed by atoms with Crippen molar-refractivity contribution in [3.8, 4) is 11.1 Å². The normalized spacial score (nSPS) is 14.9. The number of benzene rings is 2. The van der Waals surface area contributed by atoms with E-state index in [0.717, 1.165) is 0 Å². The monoisotopic (exact) mass is 282 g/mol. The van der Waals surface area contributed by atoms with Gasteiger partial charge in [-0.1, -0.05) is 50.2 Å². The van der Waals surface area contributed by atoms with Gasteiger partial charge in [-0.05, 0) is 46.2 Å². The van der Waals surface area contributed by atoms with Crippen molar-refractivity contribution in [3.05, 3.63) is 58.7 Å². The van der Waals surface area contributed by atoms with Crippen LogP contribution in [-0.2, 0) is 18.3 Å². The van der Waals surface area contributed by atoms with E-state index >= 15 is 0 Å². The first-order chi connectivity index (χ1) is 10.1. The molecule has 0 heterocycles. The Morgan fingerprint density at radius 1 is 0.762 bits per heavy atom. The fourth-order valence-corrected chi connectivity index (χ4v) is 3.42. The summed E-state index contributed by atoms with van der Waals surface area (Å²) in [5, 5.41) is 18.3. The maximum absolute atomic E-state index is 9.14. The van der Waals surface area contributed by atoms with Gasteiger partial charge in [0.2, 0.25) is 0 Å². The summed E-state index contributed by atoms with van der Waals surface area (Å²) in [6.07, 6.45) is 1.40. The molecule has 0 saturated carbocycles. The van der Waals surface area contributed by atoms with Gasteiger partial charge in [0.25, 0.3) is 0 Å². The molecule has 2 heteroatoms. The average molecular weight is 282 g/mol. The highest BCUT2D eigenvalue weighted by molar-refractivity contribution is 5.81. The molecule has 0 aliphatic heterocycles. The molecule has 2 aromatic rings. The zero-order valence-electron chi connectivity index (χ0n) is 12.7. The second kappa shape index (κ2) is 5.28. The Kier molecular flexibility index (Phi) is 3.60. The predicted molar refractivity (Wildman–Crippen MR) is 85.6 cm³/mol. The minimum atomic E-state index is -0.00607. The maximum Gasteiger partial charge on any atom is 0.0471 e. The molecular formula is C19H22O2. The molecule has 0 aromatic heterocycles. The van der Waals surface area contributed by atoms with E-state index in [9.17, 15) is 0 Å². The van der Waals surface area contributed by atoms with E-state index in [1.807, 2.05) is 0 Å². The zero-order valence-corrected chi connectivity index (χ0v) is 12.7. The van der Waals surface area contributed by atoms with E-state index in [4.69, 9.17) is 10.2 Å². The Balaban J connectivity index is 2.14. The quantitative estimate of drug-likeness (QED) is 0.905. The summed E-state index contributed by atoms with van der Waals surface area (Å²) in [4.78, 5) is 0. The summed E-state index contributed by atoms with van der Waals surface area (Å²) in [5.41, 5.74) is 7.62. The molecule has 110 valence electrons. The van der Waals surface area contributed by atoms with Crippen molar-refractivity contribution in [2.45, 2.75) is 32.1 Å². The molecule has 0 unspecified atom stereocenters. The molecule has 0 saturated heterocycles. The largest absolute Gasteiger partial charge is 0.396 e. The fourth-order valence-electron chi connectivity index (χ4n) is 3.42. The van der Waals surface area contributed by atoms with Crippen molar-refractivity contribution in [3.63, 3.8) is 0 Å². The standard InChI is InChI=1S/C19H22O2/c1-19(2)17-6-4-13(7-9-20)11-16(17)15-5-3-14(8-10-21)12-18(15)19/h3-6,11-12,20-21H,7-10H2,1-2H3. The third-order valence-corrected chi connectivity index (χ3v) is 4.61. The molecule has 0 fully saturated rings. The van der Waals surface area contributed by atoms with Crippen molar-refractivity contribution in [1.82, 2.24) is 0 Å². The number of hydrogen-bond acceptors (Lipinski definition) is 2. The second-order valence-electron chi connectivity index (χ2n) is 6.33. The Hall–Kier alpha value is -1.64. The Morgan fingerprint density at radius 2 is 1.38 bits per heavy atom. The SMILES string of the molecule is CC1(C)c2ccc(CCO)cc2-c2ccc(CCO)cc21. The zero-order chi connectivity index (χ0) is 15.0. The Bertz CT molecular complexity index is 671. The second-order valence-corrected chi connectivity index (χ2v) is 6.33. The molecule has 0 spiro atoms. The van der Waals surface area contributed by atoms with Crippen LogP contribution in [0.25, 0.3) is 11.1 Å². The fraction of sp³-hybridized carbons (Fsp3) is 0.368. The van der Waals surface area contributed by atoms with Crippen LogP contribution in [0.15, 0.2) is 36.4 Å². The smallest absolute Gasteiger partial charge is 0.0471 e. The van der Waals surface area contributed by atoms with E-state index < -0.39 is 0 Å². The number of rotatable bonds is 4. The summed E-state index contributed by atoms with van der Waals surface area (Å²) in [7, 11) is 0. The maximum atomic E-state index is 9.14. The first kappa shape index (κ1) is 14.3. The van der Waals surface area contributed by atoms with Gasteiger partial charge in [-0.25, -0.2) is 0 Å². The molecule has 0 amide bonds. The van der Waals surface area contributed by atoms with Crippen molar-refractivity contribution in [2.24, 2.45) is 0 Å². The lowest BCUT2D eigenvalue weighted by Gasteiger charge is -2.22.